The summed E-state index contributed by atoms with van der Waals surface area (Å²) in [5.74, 6) is 0. The minimum Gasteiger partial charge on any atom is -0.135 e. The molecule has 0 amide bonds. The van der Waals surface area contributed by atoms with Crippen molar-refractivity contribution in [2.24, 2.45) is 0 Å². The molecule has 0 spiro atoms. The first-order valence-corrected chi connectivity index (χ1v) is 9.10. The Labute approximate surface area is 148 Å². The van der Waals surface area contributed by atoms with E-state index in [9.17, 15) is 0 Å². The van der Waals surface area contributed by atoms with Crippen molar-refractivity contribution in [3.05, 3.63) is 83.9 Å². The molecule has 2 heteroatoms. The standard InChI is InChI=1S/C22H13ClS/c23-18-12-13-20-22(17-9-3-4-11-19(17)24-20)21(18)16-10-5-7-14-6-1-2-8-15(14)16/h1-13H. The topological polar surface area (TPSA) is 0 Å². The SMILES string of the molecule is Clc1ccc2sc3ccccc3c2c1-c1cccc2ccccc12. The second-order valence-corrected chi connectivity index (χ2v) is 7.41. The maximum Gasteiger partial charge on any atom is 0.0491 e. The maximum absolute atomic E-state index is 6.70. The number of benzene rings is 4. The molecule has 0 aliphatic rings. The van der Waals surface area contributed by atoms with Gasteiger partial charge in [0.25, 0.3) is 0 Å². The number of thiophene rings is 1. The first kappa shape index (κ1) is 14.0. The van der Waals surface area contributed by atoms with E-state index >= 15 is 0 Å². The fourth-order valence-electron chi connectivity index (χ4n) is 3.50. The van der Waals surface area contributed by atoms with Crippen molar-refractivity contribution in [3.63, 3.8) is 0 Å². The maximum atomic E-state index is 6.70. The molecule has 5 aromatic rings. The van der Waals surface area contributed by atoms with Crippen LogP contribution in [0.3, 0.4) is 0 Å². The highest BCUT2D eigenvalue weighted by molar-refractivity contribution is 7.26. The molecule has 0 fully saturated rings. The minimum atomic E-state index is 0.808. The van der Waals surface area contributed by atoms with E-state index < -0.39 is 0 Å². The van der Waals surface area contributed by atoms with Gasteiger partial charge in [-0.3, -0.25) is 0 Å². The first-order chi connectivity index (χ1) is 11.8. The summed E-state index contributed by atoms with van der Waals surface area (Å²) in [7, 11) is 0. The fourth-order valence-corrected chi connectivity index (χ4v) is 4.87. The summed E-state index contributed by atoms with van der Waals surface area (Å²) in [6, 6.07) is 27.7. The van der Waals surface area contributed by atoms with Gasteiger partial charge in [0.1, 0.15) is 0 Å². The van der Waals surface area contributed by atoms with Crippen LogP contribution in [0.5, 0.6) is 0 Å². The van der Waals surface area contributed by atoms with Crippen molar-refractivity contribution in [3.8, 4) is 11.1 Å². The predicted molar refractivity (Wildman–Crippen MR) is 107 cm³/mol. The Morgan fingerprint density at radius 1 is 0.625 bits per heavy atom. The summed E-state index contributed by atoms with van der Waals surface area (Å²) in [6.45, 7) is 0. The van der Waals surface area contributed by atoms with Gasteiger partial charge in [0, 0.05) is 30.8 Å². The van der Waals surface area contributed by atoms with Crippen LogP contribution in [0.1, 0.15) is 0 Å². The van der Waals surface area contributed by atoms with Crippen molar-refractivity contribution in [2.75, 3.05) is 0 Å². The van der Waals surface area contributed by atoms with Gasteiger partial charge in [-0.1, -0.05) is 72.3 Å². The van der Waals surface area contributed by atoms with Crippen LogP contribution in [0.15, 0.2) is 78.9 Å². The Hall–Kier alpha value is -2.35. The summed E-state index contributed by atoms with van der Waals surface area (Å²) in [5, 5.41) is 5.83. The molecule has 114 valence electrons. The van der Waals surface area contributed by atoms with Crippen LogP contribution in [0, 0.1) is 0 Å². The van der Waals surface area contributed by atoms with E-state index in [0.29, 0.717) is 0 Å². The molecule has 0 N–H and O–H groups in total. The Morgan fingerprint density at radius 2 is 1.38 bits per heavy atom. The van der Waals surface area contributed by atoms with Gasteiger partial charge in [0.2, 0.25) is 0 Å². The van der Waals surface area contributed by atoms with Gasteiger partial charge in [-0.15, -0.1) is 11.3 Å². The average Bonchev–Trinajstić information content (AvgIpc) is 3.00. The summed E-state index contributed by atoms with van der Waals surface area (Å²) in [4.78, 5) is 0. The number of fused-ring (bicyclic) bond motifs is 4. The lowest BCUT2D eigenvalue weighted by Crippen LogP contribution is -1.84. The van der Waals surface area contributed by atoms with Crippen molar-refractivity contribution in [1.82, 2.24) is 0 Å². The summed E-state index contributed by atoms with van der Waals surface area (Å²) in [6.07, 6.45) is 0. The highest BCUT2D eigenvalue weighted by Gasteiger charge is 2.15. The molecular formula is C22H13ClS. The minimum absolute atomic E-state index is 0.808. The Balaban J connectivity index is 2.00. The second-order valence-electron chi connectivity index (χ2n) is 5.92. The quantitative estimate of drug-likeness (QED) is 0.295. The zero-order chi connectivity index (χ0) is 16.1. The van der Waals surface area contributed by atoms with Gasteiger partial charge in [-0.05, 0) is 34.5 Å². The molecule has 0 atom stereocenters. The third kappa shape index (κ3) is 1.99. The zero-order valence-corrected chi connectivity index (χ0v) is 14.4. The van der Waals surface area contributed by atoms with Gasteiger partial charge in [0.05, 0.1) is 0 Å². The molecule has 0 saturated carbocycles. The van der Waals surface area contributed by atoms with E-state index in [1.54, 1.807) is 0 Å². The molecule has 24 heavy (non-hydrogen) atoms. The third-order valence-corrected chi connectivity index (χ3v) is 6.00. The van der Waals surface area contributed by atoms with Crippen molar-refractivity contribution in [1.29, 1.82) is 0 Å². The molecule has 1 aromatic heterocycles. The summed E-state index contributed by atoms with van der Waals surface area (Å²) >= 11 is 8.53. The van der Waals surface area contributed by atoms with Crippen LogP contribution in [-0.4, -0.2) is 0 Å². The van der Waals surface area contributed by atoms with E-state index in [2.05, 4.69) is 72.8 Å². The molecule has 1 heterocycles. The molecule has 0 aliphatic carbocycles. The van der Waals surface area contributed by atoms with Crippen molar-refractivity contribution >= 4 is 53.9 Å². The molecular weight excluding hydrogens is 332 g/mol. The summed E-state index contributed by atoms with van der Waals surface area (Å²) < 4.78 is 2.58. The fraction of sp³-hybridized carbons (Fsp3) is 0. The molecule has 0 bridgehead atoms. The van der Waals surface area contributed by atoms with Gasteiger partial charge in [-0.25, -0.2) is 0 Å². The van der Waals surface area contributed by atoms with Crippen LogP contribution in [0.25, 0.3) is 42.1 Å². The predicted octanol–water partition coefficient (Wildman–Crippen LogP) is 7.53. The Kier molecular flexibility index (Phi) is 3.12. The van der Waals surface area contributed by atoms with E-state index in [1.165, 1.54) is 36.5 Å². The number of halogens is 1. The van der Waals surface area contributed by atoms with Crippen molar-refractivity contribution < 1.29 is 0 Å². The van der Waals surface area contributed by atoms with E-state index in [-0.39, 0.29) is 0 Å². The third-order valence-electron chi connectivity index (χ3n) is 4.55. The number of hydrogen-bond acceptors (Lipinski definition) is 1. The lowest BCUT2D eigenvalue weighted by atomic mass is 9.94. The molecule has 0 saturated heterocycles. The highest BCUT2D eigenvalue weighted by atomic mass is 35.5. The molecule has 5 rings (SSSR count). The van der Waals surface area contributed by atoms with Crippen LogP contribution < -0.4 is 0 Å². The monoisotopic (exact) mass is 344 g/mol. The van der Waals surface area contributed by atoms with Crippen LogP contribution in [0.4, 0.5) is 0 Å². The van der Waals surface area contributed by atoms with Gasteiger partial charge in [0.15, 0.2) is 0 Å². The Bertz CT molecular complexity index is 1210. The number of hydrogen-bond donors (Lipinski definition) is 0. The van der Waals surface area contributed by atoms with Crippen LogP contribution >= 0.6 is 22.9 Å². The molecule has 4 aromatic carbocycles. The Morgan fingerprint density at radius 3 is 2.29 bits per heavy atom. The normalized spacial score (nSPS) is 11.5. The lowest BCUT2D eigenvalue weighted by Gasteiger charge is -2.11. The highest BCUT2D eigenvalue weighted by Crippen LogP contribution is 2.44. The lowest BCUT2D eigenvalue weighted by molar-refractivity contribution is 1.71. The molecule has 0 unspecified atom stereocenters. The molecule has 0 nitrogen and oxygen atoms in total. The van der Waals surface area contributed by atoms with E-state index in [0.717, 1.165) is 10.6 Å². The van der Waals surface area contributed by atoms with E-state index in [1.807, 2.05) is 17.4 Å². The second kappa shape index (κ2) is 5.34. The van der Waals surface area contributed by atoms with Crippen LogP contribution in [0.2, 0.25) is 5.02 Å². The van der Waals surface area contributed by atoms with Gasteiger partial charge < -0.3 is 0 Å². The number of rotatable bonds is 1. The van der Waals surface area contributed by atoms with Gasteiger partial charge >= 0.3 is 0 Å². The largest absolute Gasteiger partial charge is 0.135 e. The smallest absolute Gasteiger partial charge is 0.0491 e. The van der Waals surface area contributed by atoms with Crippen LogP contribution in [-0.2, 0) is 0 Å². The summed E-state index contributed by atoms with van der Waals surface area (Å²) in [5.41, 5.74) is 2.34. The molecule has 0 aliphatic heterocycles. The van der Waals surface area contributed by atoms with E-state index in [4.69, 9.17) is 11.6 Å². The average molecular weight is 345 g/mol. The molecule has 0 radical (unpaired) electrons. The van der Waals surface area contributed by atoms with Gasteiger partial charge in [-0.2, -0.15) is 0 Å². The van der Waals surface area contributed by atoms with Crippen molar-refractivity contribution in [2.45, 2.75) is 0 Å². The first-order valence-electron chi connectivity index (χ1n) is 7.91. The zero-order valence-electron chi connectivity index (χ0n) is 12.8.